The lowest BCUT2D eigenvalue weighted by Crippen LogP contribution is -2.33. The number of imide groups is 1. The first-order valence-corrected chi connectivity index (χ1v) is 16.2. The lowest BCUT2D eigenvalue weighted by atomic mass is 9.83. The summed E-state index contributed by atoms with van der Waals surface area (Å²) >= 11 is 2.07. The highest BCUT2D eigenvalue weighted by Gasteiger charge is 2.56. The minimum Gasteiger partial charge on any atom is -0.497 e. The molecule has 0 bridgehead atoms. The van der Waals surface area contributed by atoms with Gasteiger partial charge in [-0.15, -0.1) is 0 Å². The number of para-hydroxylation sites is 1. The molecule has 3 aromatic carbocycles. The molecule has 0 saturated carbocycles. The average Bonchev–Trinajstić information content (AvgIpc) is 3.43. The summed E-state index contributed by atoms with van der Waals surface area (Å²) in [6.07, 6.45) is 0. The Hall–Kier alpha value is -4.24. The number of methoxy groups -OCH3 is 1. The predicted octanol–water partition coefficient (Wildman–Crippen LogP) is 3.00. The fraction of sp³-hybridized carbons (Fsp3) is 0.172. The zero-order chi connectivity index (χ0) is 30.5. The van der Waals surface area contributed by atoms with Gasteiger partial charge in [-0.2, -0.15) is 0 Å². The molecule has 0 spiro atoms. The average molecular weight is 637 g/mol. The Morgan fingerprint density at radius 2 is 1.63 bits per heavy atom. The number of carbonyl (C=O) groups excluding carboxylic acids is 3. The number of thiazole rings is 1. The van der Waals surface area contributed by atoms with Gasteiger partial charge >= 0.3 is 4.87 Å². The van der Waals surface area contributed by atoms with Gasteiger partial charge in [0.1, 0.15) is 17.5 Å². The second-order valence-corrected chi connectivity index (χ2v) is 13.6. The number of anilines is 2. The smallest absolute Gasteiger partial charge is 0.308 e. The Labute approximate surface area is 254 Å². The number of amides is 3. The third-order valence-corrected chi connectivity index (χ3v) is 10.8. The van der Waals surface area contributed by atoms with E-state index in [1.54, 1.807) is 49.6 Å². The van der Waals surface area contributed by atoms with E-state index in [-0.39, 0.29) is 23.3 Å². The molecule has 3 heterocycles. The first-order valence-electron chi connectivity index (χ1n) is 13.0. The van der Waals surface area contributed by atoms with Gasteiger partial charge in [-0.05, 0) is 54.1 Å². The number of fused-ring (bicyclic) bond motifs is 2. The van der Waals surface area contributed by atoms with Gasteiger partial charge in [-0.3, -0.25) is 23.7 Å². The van der Waals surface area contributed by atoms with Crippen LogP contribution in [0.1, 0.15) is 16.4 Å². The van der Waals surface area contributed by atoms with E-state index in [1.807, 2.05) is 12.1 Å². The minimum absolute atomic E-state index is 0.107. The molecule has 2 aliphatic heterocycles. The van der Waals surface area contributed by atoms with Crippen LogP contribution in [0.2, 0.25) is 0 Å². The second-order valence-electron chi connectivity index (χ2n) is 9.90. The highest BCUT2D eigenvalue weighted by molar-refractivity contribution is 8.00. The van der Waals surface area contributed by atoms with Crippen LogP contribution in [0.4, 0.5) is 11.4 Å². The quantitative estimate of drug-likeness (QED) is 0.293. The summed E-state index contributed by atoms with van der Waals surface area (Å²) in [7, 11) is -2.35. The number of nitrogens with zero attached hydrogens (tertiary/aromatic N) is 2. The largest absolute Gasteiger partial charge is 0.497 e. The normalized spacial score (nSPS) is 19.6. The van der Waals surface area contributed by atoms with Crippen molar-refractivity contribution < 1.29 is 27.5 Å². The number of sulfonamides is 1. The van der Waals surface area contributed by atoms with E-state index in [1.165, 1.54) is 33.7 Å². The maximum Gasteiger partial charge on any atom is 0.308 e. The van der Waals surface area contributed by atoms with Crippen molar-refractivity contribution in [1.82, 2.24) is 4.57 Å². The third kappa shape index (κ3) is 5.27. The molecule has 1 saturated heterocycles. The summed E-state index contributed by atoms with van der Waals surface area (Å²) < 4.78 is 29.7. The first-order chi connectivity index (χ1) is 20.6. The molecule has 1 aromatic heterocycles. The van der Waals surface area contributed by atoms with Crippen molar-refractivity contribution in [2.45, 2.75) is 27.6 Å². The van der Waals surface area contributed by atoms with Gasteiger partial charge in [0.05, 0.1) is 28.6 Å². The zero-order valence-electron chi connectivity index (χ0n) is 22.5. The number of nitrogens with two attached hydrogens (primary N) is 1. The van der Waals surface area contributed by atoms with Gasteiger partial charge < -0.3 is 10.1 Å². The summed E-state index contributed by atoms with van der Waals surface area (Å²) in [5, 5.41) is 7.43. The molecular formula is C29H24N4O7S3. The van der Waals surface area contributed by atoms with Crippen LogP contribution in [-0.2, 0) is 31.0 Å². The summed E-state index contributed by atoms with van der Waals surface area (Å²) in [6, 6.07) is 21.2. The number of aromatic nitrogens is 1. The molecule has 220 valence electrons. The van der Waals surface area contributed by atoms with E-state index in [4.69, 9.17) is 9.88 Å². The molecule has 0 aliphatic carbocycles. The number of rotatable bonds is 7. The predicted molar refractivity (Wildman–Crippen MR) is 162 cm³/mol. The van der Waals surface area contributed by atoms with Crippen molar-refractivity contribution >= 4 is 62.2 Å². The lowest BCUT2D eigenvalue weighted by molar-refractivity contribution is -0.122. The summed E-state index contributed by atoms with van der Waals surface area (Å²) in [5.74, 6) is -2.03. The zero-order valence-corrected chi connectivity index (χ0v) is 24.9. The SMILES string of the molecule is COc1ccc([C@H]2c3sc(=O)n(CC(=O)Nc4ccc(S(N)(=O)=O)cc4)c3SC3C(=O)N(c4ccccc4)C(=O)C32)cc1. The van der Waals surface area contributed by atoms with Crippen LogP contribution in [0.5, 0.6) is 5.75 Å². The van der Waals surface area contributed by atoms with Crippen LogP contribution < -0.4 is 25.0 Å². The minimum atomic E-state index is -3.90. The number of hydrogen-bond donors (Lipinski definition) is 2. The number of ether oxygens (including phenoxy) is 1. The van der Waals surface area contributed by atoms with Gasteiger partial charge in [0.15, 0.2) is 0 Å². The first kappa shape index (κ1) is 28.9. The van der Waals surface area contributed by atoms with E-state index >= 15 is 0 Å². The Kier molecular flexibility index (Phi) is 7.46. The molecule has 6 rings (SSSR count). The molecule has 3 atom stereocenters. The number of nitrogens with one attached hydrogen (secondary N) is 1. The maximum atomic E-state index is 13.9. The van der Waals surface area contributed by atoms with E-state index < -0.39 is 37.9 Å². The van der Waals surface area contributed by atoms with Crippen LogP contribution in [-0.4, -0.2) is 43.1 Å². The molecule has 3 N–H and O–H groups in total. The third-order valence-electron chi connectivity index (χ3n) is 7.31. The maximum absolute atomic E-state index is 13.9. The molecule has 2 aliphatic rings. The van der Waals surface area contributed by atoms with Crippen LogP contribution in [0, 0.1) is 5.92 Å². The Bertz CT molecular complexity index is 1900. The number of benzene rings is 3. The fourth-order valence-corrected chi connectivity index (χ4v) is 8.62. The number of carbonyl (C=O) groups is 3. The van der Waals surface area contributed by atoms with Crippen molar-refractivity contribution in [3.63, 3.8) is 0 Å². The standard InChI is InChI=1S/C29H24N4O7S3/c1-40-19-11-7-16(8-12-19)22-23-24(27(36)33(26(23)35)18-5-3-2-4-6-18)41-28-25(22)42-29(37)32(28)15-21(34)31-17-9-13-20(14-10-17)43(30,38)39/h2-14,22-24H,15H2,1H3,(H,31,34)(H2,30,38,39)/t22-,23?,24?/m1/s1. The Morgan fingerprint density at radius 3 is 2.26 bits per heavy atom. The lowest BCUT2D eigenvalue weighted by Gasteiger charge is -2.30. The highest BCUT2D eigenvalue weighted by Crippen LogP contribution is 2.54. The van der Waals surface area contributed by atoms with E-state index in [0.29, 0.717) is 27.0 Å². The van der Waals surface area contributed by atoms with Crippen molar-refractivity contribution in [1.29, 1.82) is 0 Å². The number of primary sulfonamides is 1. The molecule has 0 radical (unpaired) electrons. The number of thioether (sulfide) groups is 1. The van der Waals surface area contributed by atoms with Gasteiger partial charge in [0.2, 0.25) is 27.7 Å². The van der Waals surface area contributed by atoms with Crippen LogP contribution in [0.3, 0.4) is 0 Å². The molecular weight excluding hydrogens is 613 g/mol. The fourth-order valence-electron chi connectivity index (χ4n) is 5.33. The van der Waals surface area contributed by atoms with Crippen molar-refractivity contribution in [3.8, 4) is 5.75 Å². The molecule has 14 heteroatoms. The molecule has 1 fully saturated rings. The van der Waals surface area contributed by atoms with Crippen LogP contribution in [0.15, 0.2) is 93.6 Å². The van der Waals surface area contributed by atoms with Gasteiger partial charge in [-0.1, -0.05) is 53.4 Å². The second kappa shape index (κ2) is 11.1. The Balaban J connectivity index is 1.37. The van der Waals surface area contributed by atoms with Gasteiger partial charge in [-0.25, -0.2) is 18.5 Å². The molecule has 11 nitrogen and oxygen atoms in total. The molecule has 43 heavy (non-hydrogen) atoms. The monoisotopic (exact) mass is 636 g/mol. The topological polar surface area (TPSA) is 158 Å². The van der Waals surface area contributed by atoms with Crippen molar-refractivity contribution in [3.05, 3.63) is 99.0 Å². The summed E-state index contributed by atoms with van der Waals surface area (Å²) in [4.78, 5) is 55.3. The number of hydrogen-bond acceptors (Lipinski definition) is 9. The van der Waals surface area contributed by atoms with E-state index in [9.17, 15) is 27.6 Å². The van der Waals surface area contributed by atoms with Gasteiger partial charge in [0, 0.05) is 16.5 Å². The van der Waals surface area contributed by atoms with E-state index in [2.05, 4.69) is 5.32 Å². The molecule has 2 unspecified atom stereocenters. The molecule has 4 aromatic rings. The summed E-state index contributed by atoms with van der Waals surface area (Å²) in [6.45, 7) is -0.355. The van der Waals surface area contributed by atoms with E-state index in [0.717, 1.165) is 28.7 Å². The Morgan fingerprint density at radius 1 is 0.953 bits per heavy atom. The van der Waals surface area contributed by atoms with Crippen LogP contribution in [0.25, 0.3) is 0 Å². The molecule has 3 amide bonds. The van der Waals surface area contributed by atoms with Crippen molar-refractivity contribution in [2.75, 3.05) is 17.3 Å². The van der Waals surface area contributed by atoms with Crippen LogP contribution >= 0.6 is 23.1 Å². The van der Waals surface area contributed by atoms with Gasteiger partial charge in [0.25, 0.3) is 0 Å². The summed E-state index contributed by atoms with van der Waals surface area (Å²) in [5.41, 5.74) is 1.52. The van der Waals surface area contributed by atoms with Crippen molar-refractivity contribution in [2.24, 2.45) is 11.1 Å². The highest BCUT2D eigenvalue weighted by atomic mass is 32.2.